The molecule has 1 fully saturated rings. The molecule has 0 radical (unpaired) electrons. The van der Waals surface area contributed by atoms with Crippen molar-refractivity contribution in [3.63, 3.8) is 0 Å². The molecule has 0 bridgehead atoms. The fourth-order valence-corrected chi connectivity index (χ4v) is 1.31. The van der Waals surface area contributed by atoms with Crippen LogP contribution in [-0.4, -0.2) is 41.8 Å². The Labute approximate surface area is 101 Å². The van der Waals surface area contributed by atoms with E-state index in [1.165, 1.54) is 4.90 Å². The van der Waals surface area contributed by atoms with Crippen LogP contribution in [0.2, 0.25) is 0 Å². The molecular weight excluding hydrogens is 222 g/mol. The van der Waals surface area contributed by atoms with Gasteiger partial charge in [-0.3, -0.25) is 4.90 Å². The number of rotatable bonds is 3. The van der Waals surface area contributed by atoms with Crippen LogP contribution in [0.4, 0.5) is 4.79 Å². The van der Waals surface area contributed by atoms with E-state index in [9.17, 15) is 9.59 Å². The third-order valence-corrected chi connectivity index (χ3v) is 2.20. The minimum absolute atomic E-state index is 0.246. The highest BCUT2D eigenvalue weighted by atomic mass is 16.6. The number of amides is 1. The highest BCUT2D eigenvalue weighted by molar-refractivity contribution is 5.85. The van der Waals surface area contributed by atoms with Crippen LogP contribution in [0.1, 0.15) is 27.7 Å². The van der Waals surface area contributed by atoms with Crippen molar-refractivity contribution in [3.05, 3.63) is 12.2 Å². The van der Waals surface area contributed by atoms with Crippen LogP contribution >= 0.6 is 0 Å². The van der Waals surface area contributed by atoms with E-state index in [1.54, 1.807) is 26.8 Å². The molecule has 0 aromatic carbocycles. The summed E-state index contributed by atoms with van der Waals surface area (Å²) in [6.07, 6.45) is 3.13. The molecule has 0 aromatic rings. The van der Waals surface area contributed by atoms with Crippen LogP contribution in [0.15, 0.2) is 12.2 Å². The first-order valence-electron chi connectivity index (χ1n) is 5.62. The van der Waals surface area contributed by atoms with E-state index in [2.05, 4.69) is 4.74 Å². The lowest BCUT2D eigenvalue weighted by molar-refractivity contribution is -0.170. The molecule has 5 heteroatoms. The lowest BCUT2D eigenvalue weighted by atomic mass is 10.2. The highest BCUT2D eigenvalue weighted by Crippen LogP contribution is 2.17. The number of hydrogen-bond acceptors (Lipinski definition) is 4. The second kappa shape index (κ2) is 5.21. The Morgan fingerprint density at radius 2 is 2.24 bits per heavy atom. The SMILES string of the molecule is C/C=C/CN(C(=O)OC(C)(C)C)[C@H]1COC1=O. The van der Waals surface area contributed by atoms with Gasteiger partial charge in [-0.25, -0.2) is 9.59 Å². The van der Waals surface area contributed by atoms with Crippen molar-refractivity contribution >= 4 is 12.1 Å². The van der Waals surface area contributed by atoms with Gasteiger partial charge in [0.2, 0.25) is 0 Å². The van der Waals surface area contributed by atoms with Crippen LogP contribution in [0.25, 0.3) is 0 Å². The Morgan fingerprint density at radius 1 is 1.59 bits per heavy atom. The summed E-state index contributed by atoms with van der Waals surface area (Å²) in [7, 11) is 0. The monoisotopic (exact) mass is 241 g/mol. The van der Waals surface area contributed by atoms with Crippen LogP contribution in [0.5, 0.6) is 0 Å². The van der Waals surface area contributed by atoms with E-state index in [1.807, 2.05) is 13.0 Å². The Kier molecular flexibility index (Phi) is 4.15. The van der Waals surface area contributed by atoms with Gasteiger partial charge < -0.3 is 9.47 Å². The third-order valence-electron chi connectivity index (χ3n) is 2.20. The first-order chi connectivity index (χ1) is 7.85. The number of carbonyl (C=O) groups is 2. The topological polar surface area (TPSA) is 55.8 Å². The second-order valence-electron chi connectivity index (χ2n) is 4.85. The summed E-state index contributed by atoms with van der Waals surface area (Å²) in [5, 5.41) is 0. The standard InChI is InChI=1S/C12H19NO4/c1-5-6-7-13(9-8-16-10(9)14)11(15)17-12(2,3)4/h5-6,9H,7-8H2,1-4H3/b6-5+/t9-/m0/s1. The van der Waals surface area contributed by atoms with Crippen molar-refractivity contribution in [2.24, 2.45) is 0 Å². The van der Waals surface area contributed by atoms with Crippen LogP contribution in [-0.2, 0) is 14.3 Å². The third kappa shape index (κ3) is 3.76. The molecule has 1 heterocycles. The molecule has 0 N–H and O–H groups in total. The van der Waals surface area contributed by atoms with Gasteiger partial charge in [-0.15, -0.1) is 0 Å². The fourth-order valence-electron chi connectivity index (χ4n) is 1.31. The van der Waals surface area contributed by atoms with Gasteiger partial charge in [-0.05, 0) is 27.7 Å². The van der Waals surface area contributed by atoms with Gasteiger partial charge in [0.05, 0.1) is 0 Å². The highest BCUT2D eigenvalue weighted by Gasteiger charge is 2.40. The van der Waals surface area contributed by atoms with Gasteiger partial charge in [0.15, 0.2) is 6.04 Å². The molecule has 5 nitrogen and oxygen atoms in total. The maximum absolute atomic E-state index is 11.9. The number of cyclic esters (lactones) is 1. The van der Waals surface area contributed by atoms with Crippen LogP contribution in [0.3, 0.4) is 0 Å². The van der Waals surface area contributed by atoms with E-state index >= 15 is 0 Å². The molecule has 0 aliphatic carbocycles. The average Bonchev–Trinajstić information content (AvgIpc) is 2.19. The number of ether oxygens (including phenoxy) is 2. The molecule has 1 atom stereocenters. The molecule has 0 spiro atoms. The van der Waals surface area contributed by atoms with Gasteiger partial charge >= 0.3 is 12.1 Å². The molecule has 0 unspecified atom stereocenters. The van der Waals surface area contributed by atoms with Crippen molar-refractivity contribution in [3.8, 4) is 0 Å². The van der Waals surface area contributed by atoms with Crippen molar-refractivity contribution in [1.82, 2.24) is 4.90 Å². The number of hydrogen-bond donors (Lipinski definition) is 0. The first-order valence-corrected chi connectivity index (χ1v) is 5.62. The van der Waals surface area contributed by atoms with Crippen LogP contribution in [0, 0.1) is 0 Å². The van der Waals surface area contributed by atoms with Crippen molar-refractivity contribution in [2.45, 2.75) is 39.3 Å². The summed E-state index contributed by atoms with van der Waals surface area (Å²) in [5.41, 5.74) is -0.571. The maximum Gasteiger partial charge on any atom is 0.411 e. The van der Waals surface area contributed by atoms with Crippen molar-refractivity contribution in [1.29, 1.82) is 0 Å². The van der Waals surface area contributed by atoms with Crippen LogP contribution < -0.4 is 0 Å². The molecular formula is C12H19NO4. The Bertz CT molecular complexity index is 330. The van der Waals surface area contributed by atoms with E-state index in [0.29, 0.717) is 6.54 Å². The molecule has 1 aliphatic heterocycles. The second-order valence-corrected chi connectivity index (χ2v) is 4.85. The first kappa shape index (κ1) is 13.5. The van der Waals surface area contributed by atoms with Crippen molar-refractivity contribution in [2.75, 3.05) is 13.2 Å². The van der Waals surface area contributed by atoms with Gasteiger partial charge in [0, 0.05) is 6.54 Å². The van der Waals surface area contributed by atoms with Gasteiger partial charge in [-0.2, -0.15) is 0 Å². The lowest BCUT2D eigenvalue weighted by Crippen LogP contribution is -2.56. The van der Waals surface area contributed by atoms with E-state index in [0.717, 1.165) is 0 Å². The summed E-state index contributed by atoms with van der Waals surface area (Å²) < 4.78 is 9.92. The number of esters is 1. The van der Waals surface area contributed by atoms with Gasteiger partial charge in [0.25, 0.3) is 0 Å². The number of allylic oxidation sites excluding steroid dienone is 1. The summed E-state index contributed by atoms with van der Waals surface area (Å²) in [4.78, 5) is 24.5. The molecule has 1 amide bonds. The molecule has 0 saturated carbocycles. The molecule has 1 saturated heterocycles. The zero-order valence-corrected chi connectivity index (χ0v) is 10.7. The molecule has 1 rings (SSSR count). The van der Waals surface area contributed by atoms with E-state index < -0.39 is 17.7 Å². The summed E-state index contributed by atoms with van der Waals surface area (Å²) in [5.74, 6) is -0.375. The zero-order valence-electron chi connectivity index (χ0n) is 10.7. The van der Waals surface area contributed by atoms with E-state index in [4.69, 9.17) is 4.74 Å². The number of nitrogens with zero attached hydrogens (tertiary/aromatic N) is 1. The molecule has 0 aromatic heterocycles. The summed E-state index contributed by atoms with van der Waals surface area (Å²) in [6, 6.07) is -0.513. The predicted molar refractivity (Wildman–Crippen MR) is 62.5 cm³/mol. The Hall–Kier alpha value is -1.52. The summed E-state index contributed by atoms with van der Waals surface area (Å²) >= 11 is 0. The lowest BCUT2D eigenvalue weighted by Gasteiger charge is -2.35. The number of carbonyl (C=O) groups excluding carboxylic acids is 2. The van der Waals surface area contributed by atoms with Crippen molar-refractivity contribution < 1.29 is 19.1 Å². The average molecular weight is 241 g/mol. The van der Waals surface area contributed by atoms with Gasteiger partial charge in [-0.1, -0.05) is 12.2 Å². The quantitative estimate of drug-likeness (QED) is 0.557. The van der Waals surface area contributed by atoms with Gasteiger partial charge in [0.1, 0.15) is 12.2 Å². The predicted octanol–water partition coefficient (Wildman–Crippen LogP) is 1.73. The fraction of sp³-hybridized carbons (Fsp3) is 0.667. The molecule has 1 aliphatic rings. The van der Waals surface area contributed by atoms with E-state index in [-0.39, 0.29) is 12.6 Å². The zero-order chi connectivity index (χ0) is 13.1. The normalized spacial score (nSPS) is 19.8. The molecule has 17 heavy (non-hydrogen) atoms. The Balaban J connectivity index is 2.68. The smallest absolute Gasteiger partial charge is 0.411 e. The molecule has 96 valence electrons. The minimum atomic E-state index is -0.571. The largest absolute Gasteiger partial charge is 0.461 e. The maximum atomic E-state index is 11.9. The Morgan fingerprint density at radius 3 is 2.59 bits per heavy atom. The minimum Gasteiger partial charge on any atom is -0.461 e. The summed E-state index contributed by atoms with van der Waals surface area (Å²) in [6.45, 7) is 7.82.